The van der Waals surface area contributed by atoms with Crippen molar-refractivity contribution in [2.45, 2.75) is 6.92 Å². The molecule has 3 heteroatoms. The van der Waals surface area contributed by atoms with Crippen LogP contribution in [0.3, 0.4) is 0 Å². The highest BCUT2D eigenvalue weighted by molar-refractivity contribution is 6.15. The van der Waals surface area contributed by atoms with Gasteiger partial charge in [-0.25, -0.2) is 0 Å². The highest BCUT2D eigenvalue weighted by Crippen LogP contribution is 2.22. The van der Waals surface area contributed by atoms with Crippen molar-refractivity contribution in [2.24, 2.45) is 0 Å². The number of nitriles is 1. The Morgan fingerprint density at radius 3 is 2.14 bits per heavy atom. The highest BCUT2D eigenvalue weighted by atomic mass is 16.5. The number of nitrogens with zero attached hydrogens (tertiary/aromatic N) is 1. The van der Waals surface area contributed by atoms with Gasteiger partial charge in [0.25, 0.3) is 0 Å². The van der Waals surface area contributed by atoms with E-state index in [0.717, 1.165) is 5.56 Å². The van der Waals surface area contributed by atoms with Gasteiger partial charge in [-0.3, -0.25) is 4.79 Å². The number of carbonyl (C=O) groups is 1. The molecule has 2 aromatic carbocycles. The molecule has 0 aliphatic rings. The first-order valence-corrected chi connectivity index (χ1v) is 6.52. The summed E-state index contributed by atoms with van der Waals surface area (Å²) < 4.78 is 5.06. The largest absolute Gasteiger partial charge is 0.497 e. The Balaban J connectivity index is 2.41. The molecule has 21 heavy (non-hydrogen) atoms. The minimum atomic E-state index is -0.276. The Kier molecular flexibility index (Phi) is 4.53. The Labute approximate surface area is 124 Å². The van der Waals surface area contributed by atoms with Crippen LogP contribution in [0, 0.1) is 11.3 Å². The second-order valence-corrected chi connectivity index (χ2v) is 4.54. The van der Waals surface area contributed by atoms with E-state index >= 15 is 0 Å². The van der Waals surface area contributed by atoms with E-state index in [-0.39, 0.29) is 11.4 Å². The van der Waals surface area contributed by atoms with Crippen LogP contribution < -0.4 is 4.74 Å². The molecule has 0 saturated heterocycles. The van der Waals surface area contributed by atoms with Gasteiger partial charge in [-0.1, -0.05) is 30.3 Å². The summed E-state index contributed by atoms with van der Waals surface area (Å²) in [4.78, 5) is 12.5. The Morgan fingerprint density at radius 2 is 1.62 bits per heavy atom. The molecule has 2 rings (SSSR count). The molecule has 0 bridgehead atoms. The molecule has 0 atom stereocenters. The highest BCUT2D eigenvalue weighted by Gasteiger charge is 2.15. The Hall–Kier alpha value is -2.86. The Bertz CT molecular complexity index is 707. The lowest BCUT2D eigenvalue weighted by Crippen LogP contribution is -2.04. The summed E-state index contributed by atoms with van der Waals surface area (Å²) in [5, 5.41) is 9.34. The zero-order valence-corrected chi connectivity index (χ0v) is 12.0. The van der Waals surface area contributed by atoms with Gasteiger partial charge in [0.2, 0.25) is 5.78 Å². The zero-order valence-electron chi connectivity index (χ0n) is 12.0. The summed E-state index contributed by atoms with van der Waals surface area (Å²) >= 11 is 0. The summed E-state index contributed by atoms with van der Waals surface area (Å²) in [7, 11) is 1.57. The second-order valence-electron chi connectivity index (χ2n) is 4.54. The number of Topliss-reactive ketones (excluding diaryl/α,β-unsaturated/α-hetero) is 1. The minimum absolute atomic E-state index is 0.159. The predicted octanol–water partition coefficient (Wildman–Crippen LogP) is 3.88. The molecule has 0 heterocycles. The van der Waals surface area contributed by atoms with Crippen LogP contribution in [0.4, 0.5) is 0 Å². The molecule has 3 nitrogen and oxygen atoms in total. The number of hydrogen-bond donors (Lipinski definition) is 0. The van der Waals surface area contributed by atoms with E-state index in [1.54, 1.807) is 38.3 Å². The Morgan fingerprint density at radius 1 is 1.00 bits per heavy atom. The standard InChI is InChI=1S/C18H15NO2/c1-13(14-6-4-3-5-7-14)17(12-19)18(20)15-8-10-16(21-2)11-9-15/h3-11H,1-2H3/b17-13+. The van der Waals surface area contributed by atoms with Crippen LogP contribution in [0.1, 0.15) is 22.8 Å². The maximum absolute atomic E-state index is 12.5. The number of ketones is 1. The third-order valence-corrected chi connectivity index (χ3v) is 3.27. The predicted molar refractivity (Wildman–Crippen MR) is 82.0 cm³/mol. The number of benzene rings is 2. The molecule has 104 valence electrons. The van der Waals surface area contributed by atoms with E-state index in [0.29, 0.717) is 16.9 Å². The monoisotopic (exact) mass is 277 g/mol. The normalized spacial score (nSPS) is 11.3. The van der Waals surface area contributed by atoms with Gasteiger partial charge < -0.3 is 4.74 Å². The van der Waals surface area contributed by atoms with E-state index in [1.807, 2.05) is 36.4 Å². The summed E-state index contributed by atoms with van der Waals surface area (Å²) in [6.07, 6.45) is 0. The van der Waals surface area contributed by atoms with Crippen molar-refractivity contribution in [3.63, 3.8) is 0 Å². The molecule has 0 N–H and O–H groups in total. The van der Waals surface area contributed by atoms with E-state index < -0.39 is 0 Å². The van der Waals surface area contributed by atoms with Gasteiger partial charge in [0, 0.05) is 5.56 Å². The fourth-order valence-electron chi connectivity index (χ4n) is 2.02. The molecule has 0 aliphatic heterocycles. The second kappa shape index (κ2) is 6.53. The maximum Gasteiger partial charge on any atom is 0.203 e. The fraction of sp³-hybridized carbons (Fsp3) is 0.111. The molecule has 0 spiro atoms. The van der Waals surface area contributed by atoms with Crippen molar-refractivity contribution in [1.82, 2.24) is 0 Å². The third kappa shape index (κ3) is 3.18. The number of ether oxygens (including phenoxy) is 1. The molecule has 0 aliphatic carbocycles. The first kappa shape index (κ1) is 14.5. The van der Waals surface area contributed by atoms with Gasteiger partial charge in [0.15, 0.2) is 0 Å². The number of hydrogen-bond acceptors (Lipinski definition) is 3. The van der Waals surface area contributed by atoms with Crippen LogP contribution in [0.2, 0.25) is 0 Å². The molecule has 0 saturated carbocycles. The smallest absolute Gasteiger partial charge is 0.203 e. The van der Waals surface area contributed by atoms with Crippen molar-refractivity contribution in [3.8, 4) is 11.8 Å². The van der Waals surface area contributed by atoms with Crippen LogP contribution in [0.25, 0.3) is 5.57 Å². The average Bonchev–Trinajstić information content (AvgIpc) is 2.56. The van der Waals surface area contributed by atoms with Gasteiger partial charge >= 0.3 is 0 Å². The van der Waals surface area contributed by atoms with Crippen molar-refractivity contribution < 1.29 is 9.53 Å². The van der Waals surface area contributed by atoms with Crippen LogP contribution in [0.5, 0.6) is 5.75 Å². The summed E-state index contributed by atoms with van der Waals surface area (Å²) in [6, 6.07) is 18.2. The van der Waals surface area contributed by atoms with Crippen LogP contribution in [-0.4, -0.2) is 12.9 Å². The molecule has 0 aromatic heterocycles. The van der Waals surface area contributed by atoms with E-state index in [4.69, 9.17) is 4.74 Å². The average molecular weight is 277 g/mol. The van der Waals surface area contributed by atoms with Crippen molar-refractivity contribution in [3.05, 3.63) is 71.3 Å². The third-order valence-electron chi connectivity index (χ3n) is 3.27. The van der Waals surface area contributed by atoms with Crippen molar-refractivity contribution in [2.75, 3.05) is 7.11 Å². The van der Waals surface area contributed by atoms with Gasteiger partial charge in [0.1, 0.15) is 17.4 Å². The van der Waals surface area contributed by atoms with Gasteiger partial charge in [-0.15, -0.1) is 0 Å². The first-order chi connectivity index (χ1) is 10.2. The first-order valence-electron chi connectivity index (χ1n) is 6.52. The zero-order chi connectivity index (χ0) is 15.2. The van der Waals surface area contributed by atoms with Gasteiger partial charge in [-0.2, -0.15) is 5.26 Å². The molecular weight excluding hydrogens is 262 g/mol. The SMILES string of the molecule is COc1ccc(C(=O)/C(C#N)=C(\C)c2ccccc2)cc1. The minimum Gasteiger partial charge on any atom is -0.497 e. The van der Waals surface area contributed by atoms with E-state index in [1.165, 1.54) is 0 Å². The molecule has 0 amide bonds. The summed E-state index contributed by atoms with van der Waals surface area (Å²) in [6.45, 7) is 1.79. The molecule has 0 radical (unpaired) electrons. The topological polar surface area (TPSA) is 50.1 Å². The number of allylic oxidation sites excluding steroid dienone is 2. The molecule has 0 fully saturated rings. The number of carbonyl (C=O) groups excluding carboxylic acids is 1. The summed E-state index contributed by atoms with van der Waals surface area (Å²) in [5.74, 6) is 0.398. The summed E-state index contributed by atoms with van der Waals surface area (Å²) in [5.41, 5.74) is 2.18. The lowest BCUT2D eigenvalue weighted by atomic mass is 9.96. The van der Waals surface area contributed by atoms with E-state index in [9.17, 15) is 10.1 Å². The van der Waals surface area contributed by atoms with Crippen molar-refractivity contribution >= 4 is 11.4 Å². The number of methoxy groups -OCH3 is 1. The van der Waals surface area contributed by atoms with Gasteiger partial charge in [-0.05, 0) is 42.3 Å². The lowest BCUT2D eigenvalue weighted by Gasteiger charge is -2.06. The van der Waals surface area contributed by atoms with Crippen LogP contribution >= 0.6 is 0 Å². The lowest BCUT2D eigenvalue weighted by molar-refractivity contribution is 0.103. The fourth-order valence-corrected chi connectivity index (χ4v) is 2.02. The molecule has 0 unspecified atom stereocenters. The maximum atomic E-state index is 12.5. The van der Waals surface area contributed by atoms with Crippen molar-refractivity contribution in [1.29, 1.82) is 5.26 Å². The molecular formula is C18H15NO2. The van der Waals surface area contributed by atoms with E-state index in [2.05, 4.69) is 0 Å². The van der Waals surface area contributed by atoms with Crippen LogP contribution in [0.15, 0.2) is 60.2 Å². The van der Waals surface area contributed by atoms with Gasteiger partial charge in [0.05, 0.1) is 7.11 Å². The van der Waals surface area contributed by atoms with Crippen LogP contribution in [-0.2, 0) is 0 Å². The number of rotatable bonds is 4. The molecule has 2 aromatic rings. The quantitative estimate of drug-likeness (QED) is 0.484.